The van der Waals surface area contributed by atoms with Crippen LogP contribution in [0.5, 0.6) is 5.75 Å². The molecule has 1 aromatic carbocycles. The number of hydrogen-bond donors (Lipinski definition) is 1. The Morgan fingerprint density at radius 3 is 2.39 bits per heavy atom. The van der Waals surface area contributed by atoms with Crippen LogP contribution >= 0.6 is 11.6 Å². The Balaban J connectivity index is 1.67. The van der Waals surface area contributed by atoms with Gasteiger partial charge >= 0.3 is 5.97 Å². The van der Waals surface area contributed by atoms with Gasteiger partial charge in [-0.2, -0.15) is 0 Å². The Hall–Kier alpha value is -1.79. The number of nitrogens with zero attached hydrogens (tertiary/aromatic N) is 2. The van der Waals surface area contributed by atoms with Gasteiger partial charge in [0.05, 0.1) is 0 Å². The third kappa shape index (κ3) is 6.08. The lowest BCUT2D eigenvalue weighted by Gasteiger charge is -2.34. The van der Waals surface area contributed by atoms with Crippen molar-refractivity contribution in [3.63, 3.8) is 0 Å². The monoisotopic (exact) mass is 340 g/mol. The standard InChI is InChI=1S/C16H21ClN2O4/c17-13-3-5-14(6-4-13)23-12-15(20)19-10-8-18(9-11-19)7-1-2-16(21)22/h3-6H,1-2,7-12H2,(H,21,22). The number of piperazine rings is 1. The van der Waals surface area contributed by atoms with Crippen molar-refractivity contribution in [2.24, 2.45) is 0 Å². The molecule has 23 heavy (non-hydrogen) atoms. The number of ether oxygens (including phenoxy) is 1. The average molecular weight is 341 g/mol. The van der Waals surface area contributed by atoms with Gasteiger partial charge in [-0.3, -0.25) is 14.5 Å². The van der Waals surface area contributed by atoms with E-state index in [0.717, 1.165) is 19.6 Å². The number of carboxylic acids is 1. The van der Waals surface area contributed by atoms with E-state index in [1.807, 2.05) is 0 Å². The number of halogens is 1. The summed E-state index contributed by atoms with van der Waals surface area (Å²) in [7, 11) is 0. The van der Waals surface area contributed by atoms with E-state index in [9.17, 15) is 9.59 Å². The van der Waals surface area contributed by atoms with Gasteiger partial charge in [-0.15, -0.1) is 0 Å². The van der Waals surface area contributed by atoms with Crippen LogP contribution in [0.2, 0.25) is 5.02 Å². The maximum Gasteiger partial charge on any atom is 0.303 e. The molecule has 1 N–H and O–H groups in total. The molecule has 1 amide bonds. The molecular formula is C16H21ClN2O4. The lowest BCUT2D eigenvalue weighted by atomic mass is 10.2. The molecule has 6 nitrogen and oxygen atoms in total. The molecule has 0 atom stereocenters. The quantitative estimate of drug-likeness (QED) is 0.818. The van der Waals surface area contributed by atoms with E-state index < -0.39 is 5.97 Å². The van der Waals surface area contributed by atoms with E-state index in [-0.39, 0.29) is 18.9 Å². The highest BCUT2D eigenvalue weighted by Gasteiger charge is 2.21. The van der Waals surface area contributed by atoms with Crippen LogP contribution in [0.4, 0.5) is 0 Å². The molecule has 0 aliphatic carbocycles. The first-order chi connectivity index (χ1) is 11.0. The topological polar surface area (TPSA) is 70.1 Å². The van der Waals surface area contributed by atoms with Crippen molar-refractivity contribution in [1.29, 1.82) is 0 Å². The number of hydrogen-bond acceptors (Lipinski definition) is 4. The maximum absolute atomic E-state index is 12.1. The van der Waals surface area contributed by atoms with Crippen molar-refractivity contribution in [2.45, 2.75) is 12.8 Å². The summed E-state index contributed by atoms with van der Waals surface area (Å²) in [5.41, 5.74) is 0. The fraction of sp³-hybridized carbons (Fsp3) is 0.500. The molecule has 1 fully saturated rings. The van der Waals surface area contributed by atoms with Gasteiger partial charge in [-0.1, -0.05) is 11.6 Å². The first-order valence-corrected chi connectivity index (χ1v) is 8.02. The summed E-state index contributed by atoms with van der Waals surface area (Å²) in [6.07, 6.45) is 0.830. The van der Waals surface area contributed by atoms with Gasteiger partial charge in [0.15, 0.2) is 6.61 Å². The Morgan fingerprint density at radius 1 is 1.13 bits per heavy atom. The van der Waals surface area contributed by atoms with Crippen molar-refractivity contribution in [3.05, 3.63) is 29.3 Å². The van der Waals surface area contributed by atoms with E-state index in [1.54, 1.807) is 29.2 Å². The molecule has 126 valence electrons. The van der Waals surface area contributed by atoms with Gasteiger partial charge in [-0.25, -0.2) is 0 Å². The van der Waals surface area contributed by atoms with E-state index >= 15 is 0 Å². The summed E-state index contributed by atoms with van der Waals surface area (Å²) in [6.45, 7) is 3.61. The largest absolute Gasteiger partial charge is 0.484 e. The van der Waals surface area contributed by atoms with Crippen LogP contribution < -0.4 is 4.74 Å². The zero-order valence-corrected chi connectivity index (χ0v) is 13.7. The Morgan fingerprint density at radius 2 is 1.78 bits per heavy atom. The number of aliphatic carboxylic acids is 1. The summed E-state index contributed by atoms with van der Waals surface area (Å²) < 4.78 is 5.47. The van der Waals surface area contributed by atoms with Crippen molar-refractivity contribution in [3.8, 4) is 5.75 Å². The summed E-state index contributed by atoms with van der Waals surface area (Å²) in [5.74, 6) is -0.182. The van der Waals surface area contributed by atoms with Gasteiger partial charge in [-0.05, 0) is 37.2 Å². The van der Waals surface area contributed by atoms with E-state index in [4.69, 9.17) is 21.4 Å². The van der Waals surface area contributed by atoms with E-state index in [2.05, 4.69) is 4.90 Å². The summed E-state index contributed by atoms with van der Waals surface area (Å²) >= 11 is 5.80. The van der Waals surface area contributed by atoms with Gasteiger partial charge in [0.25, 0.3) is 5.91 Å². The van der Waals surface area contributed by atoms with Crippen molar-refractivity contribution < 1.29 is 19.4 Å². The first kappa shape index (κ1) is 17.6. The van der Waals surface area contributed by atoms with Crippen LogP contribution in [0.25, 0.3) is 0 Å². The van der Waals surface area contributed by atoms with E-state index in [1.165, 1.54) is 0 Å². The molecule has 0 saturated carbocycles. The molecule has 7 heteroatoms. The SMILES string of the molecule is O=C(O)CCCN1CCN(C(=O)COc2ccc(Cl)cc2)CC1. The van der Waals surface area contributed by atoms with Crippen LogP contribution in [0, 0.1) is 0 Å². The molecule has 1 aliphatic rings. The number of benzene rings is 1. The summed E-state index contributed by atoms with van der Waals surface area (Å²) in [6, 6.07) is 6.90. The Kier molecular flexibility index (Phi) is 6.67. The predicted molar refractivity (Wildman–Crippen MR) is 86.8 cm³/mol. The minimum absolute atomic E-state index is 0.0145. The highest BCUT2D eigenvalue weighted by atomic mass is 35.5. The minimum atomic E-state index is -0.766. The third-order valence-electron chi connectivity index (χ3n) is 3.77. The molecule has 1 aromatic rings. The Labute approximate surface area is 140 Å². The summed E-state index contributed by atoms with van der Waals surface area (Å²) in [4.78, 5) is 26.6. The molecule has 0 spiro atoms. The molecule has 1 heterocycles. The fourth-order valence-electron chi connectivity index (χ4n) is 2.44. The van der Waals surface area contributed by atoms with Crippen LogP contribution in [0.15, 0.2) is 24.3 Å². The first-order valence-electron chi connectivity index (χ1n) is 7.65. The van der Waals surface area contributed by atoms with Crippen LogP contribution in [0.3, 0.4) is 0 Å². The van der Waals surface area contributed by atoms with Gasteiger partial charge < -0.3 is 14.7 Å². The van der Waals surface area contributed by atoms with Gasteiger partial charge in [0, 0.05) is 37.6 Å². The maximum atomic E-state index is 12.1. The van der Waals surface area contributed by atoms with Gasteiger partial charge in [0.1, 0.15) is 5.75 Å². The number of carboxylic acid groups (broad SMARTS) is 1. The van der Waals surface area contributed by atoms with Crippen molar-refractivity contribution >= 4 is 23.5 Å². The zero-order valence-electron chi connectivity index (χ0n) is 12.9. The lowest BCUT2D eigenvalue weighted by molar-refractivity contribution is -0.137. The average Bonchev–Trinajstić information content (AvgIpc) is 2.54. The molecule has 0 radical (unpaired) electrons. The molecule has 1 aliphatic heterocycles. The molecule has 0 unspecified atom stereocenters. The highest BCUT2D eigenvalue weighted by Crippen LogP contribution is 2.15. The molecular weight excluding hydrogens is 320 g/mol. The number of carbonyl (C=O) groups is 2. The second-order valence-electron chi connectivity index (χ2n) is 5.46. The second-order valence-corrected chi connectivity index (χ2v) is 5.90. The molecule has 0 aromatic heterocycles. The minimum Gasteiger partial charge on any atom is -0.484 e. The van der Waals surface area contributed by atoms with Crippen molar-refractivity contribution in [2.75, 3.05) is 39.3 Å². The predicted octanol–water partition coefficient (Wildman–Crippen LogP) is 1.73. The fourth-order valence-corrected chi connectivity index (χ4v) is 2.57. The molecule has 1 saturated heterocycles. The number of rotatable bonds is 7. The van der Waals surface area contributed by atoms with Crippen LogP contribution in [0.1, 0.15) is 12.8 Å². The van der Waals surface area contributed by atoms with Crippen molar-refractivity contribution in [1.82, 2.24) is 9.80 Å². The summed E-state index contributed by atoms with van der Waals surface area (Å²) in [5, 5.41) is 9.26. The Bertz CT molecular complexity index is 527. The molecule has 2 rings (SSSR count). The second kappa shape index (κ2) is 8.74. The normalized spacial score (nSPS) is 15.4. The highest BCUT2D eigenvalue weighted by molar-refractivity contribution is 6.30. The molecule has 0 bridgehead atoms. The number of amides is 1. The van der Waals surface area contributed by atoms with Gasteiger partial charge in [0.2, 0.25) is 0 Å². The lowest BCUT2D eigenvalue weighted by Crippen LogP contribution is -2.50. The van der Waals surface area contributed by atoms with E-state index in [0.29, 0.717) is 30.3 Å². The zero-order chi connectivity index (χ0) is 16.7. The number of carbonyl (C=O) groups excluding carboxylic acids is 1. The third-order valence-corrected chi connectivity index (χ3v) is 4.02. The smallest absolute Gasteiger partial charge is 0.303 e. The van der Waals surface area contributed by atoms with Crippen LogP contribution in [-0.2, 0) is 9.59 Å². The van der Waals surface area contributed by atoms with Crippen LogP contribution in [-0.4, -0.2) is 66.1 Å².